The smallest absolute Gasteiger partial charge is 0.161 e. The minimum atomic E-state index is -0.475. The van der Waals surface area contributed by atoms with Crippen LogP contribution >= 0.6 is 11.6 Å². The van der Waals surface area contributed by atoms with Gasteiger partial charge in [-0.05, 0) is 42.8 Å². The molecule has 3 rings (SSSR count). The summed E-state index contributed by atoms with van der Waals surface area (Å²) in [5.74, 6) is 2.24. The molecule has 25 heavy (non-hydrogen) atoms. The first kappa shape index (κ1) is 17.6. The Hall–Kier alpha value is -2.24. The van der Waals surface area contributed by atoms with Gasteiger partial charge in [0.1, 0.15) is 5.82 Å². The third-order valence-electron chi connectivity index (χ3n) is 4.05. The van der Waals surface area contributed by atoms with E-state index in [0.29, 0.717) is 29.5 Å². The van der Waals surface area contributed by atoms with Crippen molar-refractivity contribution in [3.05, 3.63) is 52.8 Å². The Labute approximate surface area is 151 Å². The van der Waals surface area contributed by atoms with Crippen LogP contribution in [0.4, 0.5) is 0 Å². The number of fused-ring (bicyclic) bond motifs is 1. The van der Waals surface area contributed by atoms with Crippen molar-refractivity contribution in [2.75, 3.05) is 14.2 Å². The molecule has 0 radical (unpaired) electrons. The summed E-state index contributed by atoms with van der Waals surface area (Å²) in [5, 5.41) is 10.5. The van der Waals surface area contributed by atoms with E-state index in [1.807, 2.05) is 41.0 Å². The molecular formula is C19H21ClN2O3. The van der Waals surface area contributed by atoms with Gasteiger partial charge in [-0.3, -0.25) is 0 Å². The molecule has 0 saturated heterocycles. The topological polar surface area (TPSA) is 56.5 Å². The number of benzene rings is 2. The molecule has 0 aliphatic heterocycles. The lowest BCUT2D eigenvalue weighted by atomic mass is 10.1. The summed E-state index contributed by atoms with van der Waals surface area (Å²) in [6.07, 6.45) is 0.136. The van der Waals surface area contributed by atoms with Crippen LogP contribution in [0.1, 0.15) is 18.3 Å². The largest absolute Gasteiger partial charge is 0.493 e. The first-order valence-electron chi connectivity index (χ1n) is 8.05. The lowest BCUT2D eigenvalue weighted by molar-refractivity contribution is 0.174. The van der Waals surface area contributed by atoms with Gasteiger partial charge in [-0.25, -0.2) is 4.98 Å². The van der Waals surface area contributed by atoms with E-state index in [4.69, 9.17) is 26.1 Å². The van der Waals surface area contributed by atoms with E-state index in [1.165, 1.54) is 0 Å². The highest BCUT2D eigenvalue weighted by Gasteiger charge is 2.14. The van der Waals surface area contributed by atoms with Crippen molar-refractivity contribution < 1.29 is 14.6 Å². The molecule has 5 nitrogen and oxygen atoms in total. The highest BCUT2D eigenvalue weighted by molar-refractivity contribution is 6.31. The maximum Gasteiger partial charge on any atom is 0.161 e. The number of rotatable bonds is 6. The van der Waals surface area contributed by atoms with Gasteiger partial charge in [0.25, 0.3) is 0 Å². The number of methoxy groups -OCH3 is 2. The second-order valence-electron chi connectivity index (χ2n) is 5.99. The SMILES string of the molecule is COc1ccc(Cc2nc3cc(Cl)ccc3n2CC(C)O)cc1OC. The Balaban J connectivity index is 2.03. The molecule has 0 spiro atoms. The fourth-order valence-corrected chi connectivity index (χ4v) is 3.10. The highest BCUT2D eigenvalue weighted by atomic mass is 35.5. The monoisotopic (exact) mass is 360 g/mol. The average Bonchev–Trinajstić information content (AvgIpc) is 2.90. The summed E-state index contributed by atoms with van der Waals surface area (Å²) in [6.45, 7) is 2.24. The lowest BCUT2D eigenvalue weighted by Crippen LogP contribution is -2.14. The van der Waals surface area contributed by atoms with Gasteiger partial charge >= 0.3 is 0 Å². The molecule has 0 aliphatic carbocycles. The maximum absolute atomic E-state index is 9.87. The molecule has 0 bridgehead atoms. The molecule has 1 aromatic heterocycles. The average molecular weight is 361 g/mol. The molecule has 0 fully saturated rings. The van der Waals surface area contributed by atoms with Crippen LogP contribution in [0.25, 0.3) is 11.0 Å². The number of hydrogen-bond donors (Lipinski definition) is 1. The standard InChI is InChI=1S/C19H21ClN2O3/c1-12(23)11-22-16-6-5-14(20)10-15(16)21-19(22)9-13-4-7-17(24-2)18(8-13)25-3/h4-8,10,12,23H,9,11H2,1-3H3. The second-order valence-corrected chi connectivity index (χ2v) is 6.42. The zero-order valence-electron chi connectivity index (χ0n) is 14.5. The molecule has 0 saturated carbocycles. The van der Waals surface area contributed by atoms with Gasteiger partial charge in [0.2, 0.25) is 0 Å². The first-order valence-corrected chi connectivity index (χ1v) is 8.43. The van der Waals surface area contributed by atoms with Gasteiger partial charge in [0, 0.05) is 11.4 Å². The Morgan fingerprint density at radius 3 is 2.56 bits per heavy atom. The van der Waals surface area contributed by atoms with Crippen LogP contribution in [0.2, 0.25) is 5.02 Å². The number of ether oxygens (including phenoxy) is 2. The number of nitrogens with zero attached hydrogens (tertiary/aromatic N) is 2. The van der Waals surface area contributed by atoms with E-state index in [9.17, 15) is 5.11 Å². The van der Waals surface area contributed by atoms with Crippen LogP contribution in [0.15, 0.2) is 36.4 Å². The van der Waals surface area contributed by atoms with E-state index in [1.54, 1.807) is 21.1 Å². The fraction of sp³-hybridized carbons (Fsp3) is 0.316. The fourth-order valence-electron chi connectivity index (χ4n) is 2.93. The summed E-state index contributed by atoms with van der Waals surface area (Å²) < 4.78 is 12.7. The van der Waals surface area contributed by atoms with Crippen molar-refractivity contribution >= 4 is 22.6 Å². The van der Waals surface area contributed by atoms with Crippen molar-refractivity contribution in [2.45, 2.75) is 26.0 Å². The van der Waals surface area contributed by atoms with Crippen LogP contribution in [0.3, 0.4) is 0 Å². The van der Waals surface area contributed by atoms with E-state index >= 15 is 0 Å². The number of halogens is 1. The predicted octanol–water partition coefficient (Wildman–Crippen LogP) is 3.68. The molecule has 1 unspecified atom stereocenters. The molecule has 1 N–H and O–H groups in total. The zero-order valence-corrected chi connectivity index (χ0v) is 15.2. The Bertz CT molecular complexity index is 890. The van der Waals surface area contributed by atoms with Gasteiger partial charge in [0.05, 0.1) is 37.9 Å². The maximum atomic E-state index is 9.87. The summed E-state index contributed by atoms with van der Waals surface area (Å²) in [4.78, 5) is 4.72. The highest BCUT2D eigenvalue weighted by Crippen LogP contribution is 2.29. The Morgan fingerprint density at radius 1 is 1.12 bits per heavy atom. The molecule has 132 valence electrons. The number of aliphatic hydroxyl groups is 1. The molecule has 2 aromatic carbocycles. The van der Waals surface area contributed by atoms with E-state index in [2.05, 4.69) is 0 Å². The summed E-state index contributed by atoms with van der Waals surface area (Å²) in [7, 11) is 3.23. The normalized spacial score (nSPS) is 12.4. The molecule has 0 aliphatic rings. The molecule has 3 aromatic rings. The second kappa shape index (κ2) is 7.33. The number of imidazole rings is 1. The number of aromatic nitrogens is 2. The van der Waals surface area contributed by atoms with Crippen molar-refractivity contribution in [1.82, 2.24) is 9.55 Å². The number of aliphatic hydroxyl groups excluding tert-OH is 1. The first-order chi connectivity index (χ1) is 12.0. The molecule has 6 heteroatoms. The third-order valence-corrected chi connectivity index (χ3v) is 4.28. The lowest BCUT2D eigenvalue weighted by Gasteiger charge is -2.13. The predicted molar refractivity (Wildman–Crippen MR) is 98.8 cm³/mol. The van der Waals surface area contributed by atoms with Crippen LogP contribution in [-0.4, -0.2) is 35.0 Å². The van der Waals surface area contributed by atoms with Crippen LogP contribution in [0, 0.1) is 0 Å². The van der Waals surface area contributed by atoms with Crippen LogP contribution in [-0.2, 0) is 13.0 Å². The van der Waals surface area contributed by atoms with Crippen LogP contribution < -0.4 is 9.47 Å². The quantitative estimate of drug-likeness (QED) is 0.728. The minimum Gasteiger partial charge on any atom is -0.493 e. The Morgan fingerprint density at radius 2 is 1.88 bits per heavy atom. The molecule has 1 atom stereocenters. The molecule has 1 heterocycles. The zero-order chi connectivity index (χ0) is 18.0. The third kappa shape index (κ3) is 3.72. The minimum absolute atomic E-state index is 0.473. The van der Waals surface area contributed by atoms with Gasteiger partial charge in [-0.1, -0.05) is 17.7 Å². The number of hydrogen-bond acceptors (Lipinski definition) is 4. The van der Waals surface area contributed by atoms with Gasteiger partial charge < -0.3 is 19.1 Å². The van der Waals surface area contributed by atoms with Crippen LogP contribution in [0.5, 0.6) is 11.5 Å². The summed E-state index contributed by atoms with van der Waals surface area (Å²) in [6, 6.07) is 11.4. The summed E-state index contributed by atoms with van der Waals surface area (Å²) in [5.41, 5.74) is 2.83. The molecule has 0 amide bonds. The molecular weight excluding hydrogens is 340 g/mol. The van der Waals surface area contributed by atoms with E-state index in [-0.39, 0.29) is 0 Å². The van der Waals surface area contributed by atoms with Crippen molar-refractivity contribution in [3.8, 4) is 11.5 Å². The van der Waals surface area contributed by atoms with Gasteiger partial charge in [-0.15, -0.1) is 0 Å². The van der Waals surface area contributed by atoms with Gasteiger partial charge in [0.15, 0.2) is 11.5 Å². The van der Waals surface area contributed by atoms with Crippen molar-refractivity contribution in [2.24, 2.45) is 0 Å². The van der Waals surface area contributed by atoms with Crippen molar-refractivity contribution in [3.63, 3.8) is 0 Å². The Kier molecular flexibility index (Phi) is 5.16. The van der Waals surface area contributed by atoms with Crippen molar-refractivity contribution in [1.29, 1.82) is 0 Å². The van der Waals surface area contributed by atoms with Gasteiger partial charge in [-0.2, -0.15) is 0 Å². The van der Waals surface area contributed by atoms with E-state index < -0.39 is 6.10 Å². The van der Waals surface area contributed by atoms with E-state index in [0.717, 1.165) is 22.4 Å². The summed E-state index contributed by atoms with van der Waals surface area (Å²) >= 11 is 6.09.